The van der Waals surface area contributed by atoms with E-state index in [4.69, 9.17) is 11.6 Å². The third kappa shape index (κ3) is 7.47. The van der Waals surface area contributed by atoms with Crippen molar-refractivity contribution >= 4 is 35.2 Å². The van der Waals surface area contributed by atoms with Gasteiger partial charge in [-0.2, -0.15) is 0 Å². The quantitative estimate of drug-likeness (QED) is 0.370. The van der Waals surface area contributed by atoms with Crippen molar-refractivity contribution in [1.29, 1.82) is 0 Å². The first kappa shape index (κ1) is 31.9. The second-order valence-corrected chi connectivity index (χ2v) is 13.5. The normalized spacial score (nSPS) is 25.5. The number of nitrogens with zero attached hydrogens (tertiary/aromatic N) is 2. The Hall–Kier alpha value is -4.11. The van der Waals surface area contributed by atoms with Gasteiger partial charge in [0.15, 0.2) is 0 Å². The van der Waals surface area contributed by atoms with Crippen molar-refractivity contribution in [1.82, 2.24) is 25.4 Å². The fourth-order valence-electron chi connectivity index (χ4n) is 7.36. The van der Waals surface area contributed by atoms with Crippen LogP contribution in [0.3, 0.4) is 0 Å². The van der Waals surface area contributed by atoms with E-state index in [0.717, 1.165) is 28.9 Å². The van der Waals surface area contributed by atoms with Crippen LogP contribution >= 0.6 is 11.6 Å². The minimum absolute atomic E-state index is 0.0842. The van der Waals surface area contributed by atoms with Gasteiger partial charge in [-0.15, -0.1) is 0 Å². The number of amides is 4. The van der Waals surface area contributed by atoms with Crippen LogP contribution in [0, 0.1) is 11.8 Å². The number of carbonyl (C=O) groups excluding carboxylic acids is 4. The van der Waals surface area contributed by atoms with Gasteiger partial charge in [0.25, 0.3) is 0 Å². The molecule has 0 unspecified atom stereocenters. The Morgan fingerprint density at radius 1 is 0.935 bits per heavy atom. The molecule has 242 valence electrons. The molecule has 0 radical (unpaired) electrons. The topological polar surface area (TPSA) is 115 Å². The lowest BCUT2D eigenvalue weighted by Crippen LogP contribution is -2.63. The van der Waals surface area contributed by atoms with E-state index in [1.807, 2.05) is 76.5 Å². The van der Waals surface area contributed by atoms with Crippen LogP contribution in [-0.4, -0.2) is 76.2 Å². The number of halogens is 1. The molecular formula is C36H42ClN5O4. The first-order chi connectivity index (χ1) is 22.2. The zero-order chi connectivity index (χ0) is 32.2. The molecule has 3 fully saturated rings. The molecule has 9 nitrogen and oxygen atoms in total. The predicted molar refractivity (Wildman–Crippen MR) is 177 cm³/mol. The zero-order valence-electron chi connectivity index (χ0n) is 26.2. The van der Waals surface area contributed by atoms with Gasteiger partial charge in [-0.3, -0.25) is 19.2 Å². The van der Waals surface area contributed by atoms with E-state index in [2.05, 4.69) is 15.6 Å². The highest BCUT2D eigenvalue weighted by Gasteiger charge is 2.45. The average molecular weight is 644 g/mol. The van der Waals surface area contributed by atoms with Crippen LogP contribution in [0.4, 0.5) is 0 Å². The molecule has 5 atom stereocenters. The predicted octanol–water partition coefficient (Wildman–Crippen LogP) is 4.36. The second kappa shape index (κ2) is 14.1. The number of rotatable bonds is 6. The van der Waals surface area contributed by atoms with Gasteiger partial charge in [0, 0.05) is 61.3 Å². The zero-order valence-corrected chi connectivity index (χ0v) is 27.0. The molecule has 3 aromatic rings. The molecule has 2 bridgehead atoms. The van der Waals surface area contributed by atoms with Crippen molar-refractivity contribution in [3.63, 3.8) is 0 Å². The summed E-state index contributed by atoms with van der Waals surface area (Å²) in [7, 11) is 0. The maximum absolute atomic E-state index is 14.3. The van der Waals surface area contributed by atoms with Crippen LogP contribution in [0.5, 0.6) is 0 Å². The first-order valence-corrected chi connectivity index (χ1v) is 16.8. The van der Waals surface area contributed by atoms with E-state index in [-0.39, 0.29) is 47.9 Å². The average Bonchev–Trinajstić information content (AvgIpc) is 3.53. The van der Waals surface area contributed by atoms with Crippen LogP contribution in [0.2, 0.25) is 5.02 Å². The van der Waals surface area contributed by atoms with E-state index < -0.39 is 12.1 Å². The van der Waals surface area contributed by atoms with E-state index in [9.17, 15) is 19.2 Å². The number of benzene rings is 2. The molecule has 0 spiro atoms. The van der Waals surface area contributed by atoms with Crippen molar-refractivity contribution in [2.45, 2.75) is 70.0 Å². The Bertz CT molecular complexity index is 1560. The number of H-pyrrole nitrogens is 1. The Labute approximate surface area is 275 Å². The Balaban J connectivity index is 1.15. The number of aromatic nitrogens is 1. The fraction of sp³-hybridized carbons (Fsp3) is 0.444. The van der Waals surface area contributed by atoms with Crippen LogP contribution in [0.1, 0.15) is 50.3 Å². The molecule has 4 amide bonds. The van der Waals surface area contributed by atoms with E-state index in [1.165, 1.54) is 0 Å². The van der Waals surface area contributed by atoms with Gasteiger partial charge >= 0.3 is 0 Å². The molecule has 46 heavy (non-hydrogen) atoms. The maximum atomic E-state index is 14.3. The molecule has 3 N–H and O–H groups in total. The summed E-state index contributed by atoms with van der Waals surface area (Å²) in [5.41, 5.74) is 3.99. The molecule has 6 rings (SSSR count). The number of nitrogens with one attached hydrogen (secondary N) is 3. The summed E-state index contributed by atoms with van der Waals surface area (Å²) in [5.74, 6) is -0.227. The summed E-state index contributed by atoms with van der Waals surface area (Å²) in [6, 6.07) is 19.8. The van der Waals surface area contributed by atoms with Gasteiger partial charge in [-0.05, 0) is 79.8 Å². The van der Waals surface area contributed by atoms with Crippen LogP contribution < -0.4 is 10.6 Å². The summed E-state index contributed by atoms with van der Waals surface area (Å²) in [6.45, 7) is 3.39. The van der Waals surface area contributed by atoms with Crippen molar-refractivity contribution in [2.75, 3.05) is 19.6 Å². The van der Waals surface area contributed by atoms with Crippen molar-refractivity contribution in [3.8, 4) is 11.3 Å². The van der Waals surface area contributed by atoms with Gasteiger partial charge in [0.1, 0.15) is 12.1 Å². The maximum Gasteiger partial charge on any atom is 0.245 e. The monoisotopic (exact) mass is 643 g/mol. The van der Waals surface area contributed by atoms with Gasteiger partial charge in [-0.25, -0.2) is 0 Å². The lowest BCUT2D eigenvalue weighted by molar-refractivity contribution is -0.148. The largest absolute Gasteiger partial charge is 0.358 e. The Kier molecular flexibility index (Phi) is 9.78. The number of piperidine rings is 2. The number of hydrogen-bond donors (Lipinski definition) is 3. The van der Waals surface area contributed by atoms with Gasteiger partial charge < -0.3 is 25.4 Å². The molecule has 2 aromatic carbocycles. The highest BCUT2D eigenvalue weighted by Crippen LogP contribution is 2.36. The number of likely N-dealkylation sites (tertiary alicyclic amines) is 1. The molecule has 3 saturated heterocycles. The summed E-state index contributed by atoms with van der Waals surface area (Å²) in [6.07, 6.45) is 3.89. The molecular weight excluding hydrogens is 602 g/mol. The molecule has 4 heterocycles. The summed E-state index contributed by atoms with van der Waals surface area (Å²) in [4.78, 5) is 60.9. The number of aromatic amines is 1. The fourth-order valence-corrected chi connectivity index (χ4v) is 7.48. The highest BCUT2D eigenvalue weighted by atomic mass is 35.5. The van der Waals surface area contributed by atoms with Crippen LogP contribution in [0.15, 0.2) is 66.7 Å². The van der Waals surface area contributed by atoms with Gasteiger partial charge in [0.2, 0.25) is 23.6 Å². The van der Waals surface area contributed by atoms with E-state index >= 15 is 0 Å². The Morgan fingerprint density at radius 3 is 2.50 bits per heavy atom. The number of aryl methyl sites for hydroxylation is 1. The summed E-state index contributed by atoms with van der Waals surface area (Å²) < 4.78 is 0. The smallest absolute Gasteiger partial charge is 0.245 e. The molecule has 3 aliphatic rings. The number of hydrogen-bond acceptors (Lipinski definition) is 4. The minimum atomic E-state index is -0.744. The van der Waals surface area contributed by atoms with Crippen molar-refractivity contribution < 1.29 is 19.2 Å². The molecule has 3 aliphatic heterocycles. The number of carbonyl (C=O) groups is 4. The van der Waals surface area contributed by atoms with Crippen molar-refractivity contribution in [3.05, 3.63) is 83.0 Å². The molecule has 0 saturated carbocycles. The SMILES string of the molecule is C[C@H]1NC(=O)CCC[C@H]2[C@@H]3C[C@@H](CN(C(=O)CCc4ccc(-c5ccc(Cl)cc5)[nH]4)C3)CN2C(=O)[C@H](Cc2ccccc2)NC1=O. The van der Waals surface area contributed by atoms with E-state index in [1.54, 1.807) is 6.92 Å². The molecule has 1 aromatic heterocycles. The standard InChI is InChI=1S/C36H42ClN5O4/c1-23-35(45)40-31(19-24-6-3-2-4-7-24)36(46)42-21-25-18-27(32(42)8-5-9-33(43)38-23)22-41(20-25)34(44)17-15-29-14-16-30(39-29)26-10-12-28(37)13-11-26/h2-4,6-7,10-14,16,23,25,27,31-32,39H,5,8-9,15,17-22H2,1H3,(H,38,43)(H,40,45)/t23-,25+,27-,31+,32+/m1/s1. The number of fused-ring (bicyclic) bond motifs is 4. The molecule has 10 heteroatoms. The first-order valence-electron chi connectivity index (χ1n) is 16.4. The van der Waals surface area contributed by atoms with Crippen molar-refractivity contribution in [2.24, 2.45) is 11.8 Å². The third-order valence-electron chi connectivity index (χ3n) is 9.69. The summed E-state index contributed by atoms with van der Waals surface area (Å²) >= 11 is 6.03. The third-order valence-corrected chi connectivity index (χ3v) is 9.94. The van der Waals surface area contributed by atoms with Gasteiger partial charge in [-0.1, -0.05) is 54.1 Å². The Morgan fingerprint density at radius 2 is 1.72 bits per heavy atom. The minimum Gasteiger partial charge on any atom is -0.358 e. The lowest BCUT2D eigenvalue weighted by Gasteiger charge is -2.51. The molecule has 0 aliphatic carbocycles. The second-order valence-electron chi connectivity index (χ2n) is 13.1. The van der Waals surface area contributed by atoms with Gasteiger partial charge in [0.05, 0.1) is 0 Å². The van der Waals surface area contributed by atoms with Crippen LogP contribution in [-0.2, 0) is 32.0 Å². The van der Waals surface area contributed by atoms with Crippen LogP contribution in [0.25, 0.3) is 11.3 Å². The lowest BCUT2D eigenvalue weighted by atomic mass is 9.77. The summed E-state index contributed by atoms with van der Waals surface area (Å²) in [5, 5.41) is 6.44. The highest BCUT2D eigenvalue weighted by molar-refractivity contribution is 6.30. The van der Waals surface area contributed by atoms with E-state index in [0.29, 0.717) is 56.8 Å².